The summed E-state index contributed by atoms with van der Waals surface area (Å²) in [6.45, 7) is 3.04. The number of ether oxygens (including phenoxy) is 3. The molecule has 1 unspecified atom stereocenters. The maximum absolute atomic E-state index is 12.8. The van der Waals surface area contributed by atoms with E-state index in [4.69, 9.17) is 25.8 Å². The number of carbonyl (C=O) groups excluding carboxylic acids is 2. The highest BCUT2D eigenvalue weighted by atomic mass is 35.5. The number of nitrogens with one attached hydrogen (secondary N) is 1. The molecule has 7 nitrogen and oxygen atoms in total. The zero-order valence-electron chi connectivity index (χ0n) is 16.6. The quantitative estimate of drug-likeness (QED) is 0.787. The minimum atomic E-state index is -0.625. The van der Waals surface area contributed by atoms with Crippen LogP contribution in [0.5, 0.6) is 17.2 Å². The van der Waals surface area contributed by atoms with Crippen molar-refractivity contribution in [2.24, 2.45) is 0 Å². The van der Waals surface area contributed by atoms with Gasteiger partial charge in [0.1, 0.15) is 5.75 Å². The third kappa shape index (κ3) is 4.62. The Morgan fingerprint density at radius 2 is 1.80 bits per heavy atom. The second-order valence-electron chi connectivity index (χ2n) is 7.36. The Kier molecular flexibility index (Phi) is 5.99. The Labute approximate surface area is 179 Å². The first kappa shape index (κ1) is 20.3. The van der Waals surface area contributed by atoms with Crippen LogP contribution < -0.4 is 19.5 Å². The molecule has 0 aromatic heterocycles. The summed E-state index contributed by atoms with van der Waals surface area (Å²) >= 11 is 5.86. The summed E-state index contributed by atoms with van der Waals surface area (Å²) in [4.78, 5) is 27.0. The summed E-state index contributed by atoms with van der Waals surface area (Å²) in [5, 5.41) is 3.63. The summed E-state index contributed by atoms with van der Waals surface area (Å²) in [5.41, 5.74) is 0.576. The van der Waals surface area contributed by atoms with E-state index >= 15 is 0 Å². The molecule has 2 aromatic carbocycles. The molecule has 0 bridgehead atoms. The van der Waals surface area contributed by atoms with Gasteiger partial charge >= 0.3 is 0 Å². The fourth-order valence-corrected chi connectivity index (χ4v) is 3.65. The van der Waals surface area contributed by atoms with Crippen molar-refractivity contribution in [3.05, 3.63) is 53.1 Å². The van der Waals surface area contributed by atoms with Crippen LogP contribution in [-0.4, -0.2) is 48.7 Å². The lowest BCUT2D eigenvalue weighted by molar-refractivity contribution is -0.128. The minimum Gasteiger partial charge on any atom is -0.481 e. The fourth-order valence-electron chi connectivity index (χ4n) is 3.53. The van der Waals surface area contributed by atoms with Crippen LogP contribution in [0.1, 0.15) is 30.1 Å². The van der Waals surface area contributed by atoms with Crippen LogP contribution in [0.2, 0.25) is 5.02 Å². The molecule has 0 aliphatic carbocycles. The first-order valence-electron chi connectivity index (χ1n) is 9.91. The number of carbonyl (C=O) groups is 2. The zero-order valence-corrected chi connectivity index (χ0v) is 17.4. The van der Waals surface area contributed by atoms with E-state index in [2.05, 4.69) is 5.32 Å². The van der Waals surface area contributed by atoms with Crippen LogP contribution in [0, 0.1) is 0 Å². The summed E-state index contributed by atoms with van der Waals surface area (Å²) in [5.74, 6) is 1.62. The third-order valence-corrected chi connectivity index (χ3v) is 5.50. The standard InChI is InChI=1S/C22H23ClN2O5/c1-14(30-18-5-3-16(23)4-6-18)21(26)24-17-8-10-25(11-9-17)22(27)15-2-7-19-20(12-15)29-13-28-19/h2-7,12,14,17H,8-11,13H2,1H3,(H,24,26). The molecular weight excluding hydrogens is 408 g/mol. The van der Waals surface area contributed by atoms with Gasteiger partial charge < -0.3 is 24.4 Å². The average Bonchev–Trinajstić information content (AvgIpc) is 3.23. The molecule has 158 valence electrons. The molecule has 2 aliphatic rings. The Morgan fingerprint density at radius 3 is 2.53 bits per heavy atom. The highest BCUT2D eigenvalue weighted by molar-refractivity contribution is 6.30. The lowest BCUT2D eigenvalue weighted by atomic mass is 10.0. The van der Waals surface area contributed by atoms with Gasteiger partial charge in [0.2, 0.25) is 6.79 Å². The van der Waals surface area contributed by atoms with Crippen LogP contribution in [0.3, 0.4) is 0 Å². The molecule has 2 heterocycles. The molecular formula is C22H23ClN2O5. The van der Waals surface area contributed by atoms with Crippen molar-refractivity contribution in [1.29, 1.82) is 0 Å². The van der Waals surface area contributed by atoms with Crippen molar-refractivity contribution in [2.45, 2.75) is 31.9 Å². The zero-order chi connectivity index (χ0) is 21.1. The van der Waals surface area contributed by atoms with E-state index in [0.29, 0.717) is 53.8 Å². The van der Waals surface area contributed by atoms with Crippen molar-refractivity contribution in [2.75, 3.05) is 19.9 Å². The predicted octanol–water partition coefficient (Wildman–Crippen LogP) is 3.26. The van der Waals surface area contributed by atoms with Gasteiger partial charge in [-0.3, -0.25) is 9.59 Å². The number of amides is 2. The minimum absolute atomic E-state index is 0.00886. The molecule has 1 atom stereocenters. The predicted molar refractivity (Wildman–Crippen MR) is 111 cm³/mol. The van der Waals surface area contributed by atoms with Crippen LogP contribution in [-0.2, 0) is 4.79 Å². The van der Waals surface area contributed by atoms with Crippen LogP contribution in [0.15, 0.2) is 42.5 Å². The maximum atomic E-state index is 12.8. The van der Waals surface area contributed by atoms with Gasteiger partial charge in [0, 0.05) is 29.7 Å². The van der Waals surface area contributed by atoms with Crippen molar-refractivity contribution in [3.8, 4) is 17.2 Å². The molecule has 1 fully saturated rings. The van der Waals surface area contributed by atoms with E-state index in [1.165, 1.54) is 0 Å². The van der Waals surface area contributed by atoms with E-state index in [0.717, 1.165) is 0 Å². The molecule has 4 rings (SSSR count). The Balaban J connectivity index is 1.26. The van der Waals surface area contributed by atoms with E-state index < -0.39 is 6.10 Å². The molecule has 8 heteroatoms. The van der Waals surface area contributed by atoms with Gasteiger partial charge in [0.15, 0.2) is 17.6 Å². The molecule has 30 heavy (non-hydrogen) atoms. The number of hydrogen-bond donors (Lipinski definition) is 1. The molecule has 0 radical (unpaired) electrons. The highest BCUT2D eigenvalue weighted by Crippen LogP contribution is 2.33. The van der Waals surface area contributed by atoms with Crippen molar-refractivity contribution in [3.63, 3.8) is 0 Å². The molecule has 2 aromatic rings. The van der Waals surface area contributed by atoms with Gasteiger partial charge in [-0.05, 0) is 62.2 Å². The van der Waals surface area contributed by atoms with Crippen molar-refractivity contribution < 1.29 is 23.8 Å². The monoisotopic (exact) mass is 430 g/mol. The topological polar surface area (TPSA) is 77.1 Å². The van der Waals surface area contributed by atoms with Crippen molar-refractivity contribution in [1.82, 2.24) is 10.2 Å². The molecule has 0 spiro atoms. The van der Waals surface area contributed by atoms with Gasteiger partial charge in [-0.25, -0.2) is 0 Å². The third-order valence-electron chi connectivity index (χ3n) is 5.24. The molecule has 0 saturated carbocycles. The first-order valence-corrected chi connectivity index (χ1v) is 10.3. The SMILES string of the molecule is CC(Oc1ccc(Cl)cc1)C(=O)NC1CCN(C(=O)c2ccc3c(c2)OCO3)CC1. The van der Waals surface area contributed by atoms with Crippen LogP contribution in [0.25, 0.3) is 0 Å². The molecule has 2 amide bonds. The van der Waals surface area contributed by atoms with Crippen molar-refractivity contribution >= 4 is 23.4 Å². The van der Waals surface area contributed by atoms with E-state index in [1.807, 2.05) is 0 Å². The van der Waals surface area contributed by atoms with E-state index in [9.17, 15) is 9.59 Å². The number of rotatable bonds is 5. The average molecular weight is 431 g/mol. The summed E-state index contributed by atoms with van der Waals surface area (Å²) in [6.07, 6.45) is 0.755. The largest absolute Gasteiger partial charge is 0.481 e. The summed E-state index contributed by atoms with van der Waals surface area (Å²) < 4.78 is 16.3. The summed E-state index contributed by atoms with van der Waals surface area (Å²) in [7, 11) is 0. The number of likely N-dealkylation sites (tertiary alicyclic amines) is 1. The maximum Gasteiger partial charge on any atom is 0.260 e. The number of nitrogens with zero attached hydrogens (tertiary/aromatic N) is 1. The first-order chi connectivity index (χ1) is 14.5. The Bertz CT molecular complexity index is 926. The van der Waals surface area contributed by atoms with Crippen LogP contribution >= 0.6 is 11.6 Å². The van der Waals surface area contributed by atoms with Gasteiger partial charge in [-0.2, -0.15) is 0 Å². The Hall–Kier alpha value is -2.93. The lowest BCUT2D eigenvalue weighted by Crippen LogP contribution is -2.49. The van der Waals surface area contributed by atoms with Gasteiger partial charge in [-0.15, -0.1) is 0 Å². The number of piperidine rings is 1. The normalized spacial score (nSPS) is 16.8. The molecule has 2 aliphatic heterocycles. The van der Waals surface area contributed by atoms with Gasteiger partial charge in [-0.1, -0.05) is 11.6 Å². The van der Waals surface area contributed by atoms with Gasteiger partial charge in [0.25, 0.3) is 11.8 Å². The molecule has 1 N–H and O–H groups in total. The summed E-state index contributed by atoms with van der Waals surface area (Å²) in [6, 6.07) is 12.1. The Morgan fingerprint density at radius 1 is 1.10 bits per heavy atom. The van der Waals surface area contributed by atoms with E-state index in [-0.39, 0.29) is 24.6 Å². The second kappa shape index (κ2) is 8.83. The second-order valence-corrected chi connectivity index (χ2v) is 7.79. The van der Waals surface area contributed by atoms with Crippen LogP contribution in [0.4, 0.5) is 0 Å². The lowest BCUT2D eigenvalue weighted by Gasteiger charge is -2.33. The number of fused-ring (bicyclic) bond motifs is 1. The van der Waals surface area contributed by atoms with Gasteiger partial charge in [0.05, 0.1) is 0 Å². The number of halogens is 1. The number of hydrogen-bond acceptors (Lipinski definition) is 5. The number of benzene rings is 2. The van der Waals surface area contributed by atoms with E-state index in [1.54, 1.807) is 54.3 Å². The fraction of sp³-hybridized carbons (Fsp3) is 0.364. The highest BCUT2D eigenvalue weighted by Gasteiger charge is 2.27. The smallest absolute Gasteiger partial charge is 0.260 e. The molecule has 1 saturated heterocycles.